The van der Waals surface area contributed by atoms with Gasteiger partial charge in [-0.2, -0.15) is 0 Å². The highest BCUT2D eigenvalue weighted by Gasteiger charge is 2.44. The summed E-state index contributed by atoms with van der Waals surface area (Å²) in [5.74, 6) is 0. The number of fused-ring (bicyclic) bond motifs is 7. The number of hydrogen-bond donors (Lipinski definition) is 0. The standard InChI is InChI=1S/C28H22BN/c1-17-15-19-18-9-4-7-13-24(18)30-25-14-8-11-21-26(25)29(23(16-17)27(19)30)22-12-6-5-10-20(22)28(21,2)3/h4-16H,1-3H3. The van der Waals surface area contributed by atoms with E-state index < -0.39 is 0 Å². The van der Waals surface area contributed by atoms with Crippen molar-refractivity contribution in [3.05, 3.63) is 95.6 Å². The zero-order valence-corrected chi connectivity index (χ0v) is 17.5. The van der Waals surface area contributed by atoms with Crippen LogP contribution in [0.4, 0.5) is 0 Å². The van der Waals surface area contributed by atoms with Crippen molar-refractivity contribution in [3.63, 3.8) is 0 Å². The molecule has 2 aliphatic rings. The third-order valence-corrected chi connectivity index (χ3v) is 7.48. The number of benzene rings is 4. The van der Waals surface area contributed by atoms with Gasteiger partial charge in [0.15, 0.2) is 0 Å². The normalized spacial score (nSPS) is 15.4. The molecule has 4 aromatic carbocycles. The first-order valence-electron chi connectivity index (χ1n) is 10.8. The molecule has 0 fully saturated rings. The molecule has 7 rings (SSSR count). The Kier molecular flexibility index (Phi) is 2.90. The molecule has 0 bridgehead atoms. The minimum absolute atomic E-state index is 0.0121. The Bertz CT molecular complexity index is 1540. The van der Waals surface area contributed by atoms with E-state index in [1.165, 1.54) is 60.6 Å². The molecule has 5 aromatic rings. The summed E-state index contributed by atoms with van der Waals surface area (Å²) in [5, 5.41) is 2.72. The fourth-order valence-corrected chi connectivity index (χ4v) is 6.29. The molecule has 0 radical (unpaired) electrons. The summed E-state index contributed by atoms with van der Waals surface area (Å²) in [6, 6.07) is 29.7. The number of rotatable bonds is 0. The van der Waals surface area contributed by atoms with Crippen LogP contribution >= 0.6 is 0 Å². The Labute approximate surface area is 177 Å². The molecule has 0 N–H and O–H groups in total. The minimum Gasteiger partial charge on any atom is -0.310 e. The van der Waals surface area contributed by atoms with Crippen LogP contribution in [-0.4, -0.2) is 11.3 Å². The highest BCUT2D eigenvalue weighted by molar-refractivity contribution is 6.99. The van der Waals surface area contributed by atoms with Gasteiger partial charge >= 0.3 is 0 Å². The summed E-state index contributed by atoms with van der Waals surface area (Å²) >= 11 is 0. The van der Waals surface area contributed by atoms with Gasteiger partial charge in [0.25, 0.3) is 0 Å². The van der Waals surface area contributed by atoms with E-state index in [2.05, 4.69) is 104 Å². The highest BCUT2D eigenvalue weighted by Crippen LogP contribution is 2.39. The number of para-hydroxylation sites is 1. The van der Waals surface area contributed by atoms with Gasteiger partial charge in [-0.25, -0.2) is 0 Å². The first kappa shape index (κ1) is 16.5. The van der Waals surface area contributed by atoms with Crippen LogP contribution in [0.15, 0.2) is 78.9 Å². The number of aromatic nitrogens is 1. The fourth-order valence-electron chi connectivity index (χ4n) is 6.29. The fraction of sp³-hybridized carbons (Fsp3) is 0.143. The van der Waals surface area contributed by atoms with Crippen molar-refractivity contribution < 1.29 is 0 Å². The van der Waals surface area contributed by atoms with Gasteiger partial charge in [-0.3, -0.25) is 0 Å². The molecule has 0 spiro atoms. The lowest BCUT2D eigenvalue weighted by molar-refractivity contribution is 0.645. The molecule has 0 atom stereocenters. The van der Waals surface area contributed by atoms with E-state index in [0.29, 0.717) is 6.71 Å². The van der Waals surface area contributed by atoms with Crippen molar-refractivity contribution in [1.29, 1.82) is 0 Å². The molecule has 2 heteroatoms. The van der Waals surface area contributed by atoms with Crippen LogP contribution in [0, 0.1) is 6.92 Å². The van der Waals surface area contributed by atoms with E-state index in [0.717, 1.165) is 0 Å². The second-order valence-electron chi connectivity index (χ2n) is 9.49. The Balaban J connectivity index is 1.78. The van der Waals surface area contributed by atoms with Crippen LogP contribution in [0.1, 0.15) is 30.5 Å². The Morgan fingerprint density at radius 1 is 0.733 bits per heavy atom. The largest absolute Gasteiger partial charge is 0.310 e. The van der Waals surface area contributed by atoms with Gasteiger partial charge in [-0.1, -0.05) is 85.5 Å². The zero-order chi connectivity index (χ0) is 20.2. The lowest BCUT2D eigenvalue weighted by Crippen LogP contribution is -2.63. The molecule has 1 nitrogen and oxygen atoms in total. The van der Waals surface area contributed by atoms with Crippen LogP contribution in [-0.2, 0) is 5.41 Å². The monoisotopic (exact) mass is 383 g/mol. The molecule has 0 amide bonds. The molecule has 2 aliphatic heterocycles. The van der Waals surface area contributed by atoms with E-state index in [1.807, 2.05) is 0 Å². The first-order chi connectivity index (χ1) is 14.6. The minimum atomic E-state index is -0.0121. The van der Waals surface area contributed by atoms with Crippen molar-refractivity contribution in [1.82, 2.24) is 4.57 Å². The van der Waals surface area contributed by atoms with Gasteiger partial charge in [-0.05, 0) is 47.2 Å². The van der Waals surface area contributed by atoms with E-state index in [9.17, 15) is 0 Å². The van der Waals surface area contributed by atoms with Crippen molar-refractivity contribution in [2.24, 2.45) is 0 Å². The second-order valence-corrected chi connectivity index (χ2v) is 9.49. The highest BCUT2D eigenvalue weighted by atomic mass is 15.0. The van der Waals surface area contributed by atoms with Crippen LogP contribution in [0.25, 0.3) is 27.5 Å². The maximum absolute atomic E-state index is 2.53. The molecular formula is C28H22BN. The lowest BCUT2D eigenvalue weighted by Gasteiger charge is -2.41. The number of hydrogen-bond acceptors (Lipinski definition) is 0. The maximum atomic E-state index is 2.53. The summed E-state index contributed by atoms with van der Waals surface area (Å²) < 4.78 is 2.53. The zero-order valence-electron chi connectivity index (χ0n) is 17.5. The summed E-state index contributed by atoms with van der Waals surface area (Å²) in [6.45, 7) is 7.29. The van der Waals surface area contributed by atoms with Gasteiger partial charge in [-0.15, -0.1) is 0 Å². The van der Waals surface area contributed by atoms with Crippen molar-refractivity contribution >= 4 is 44.9 Å². The molecular weight excluding hydrogens is 361 g/mol. The second kappa shape index (κ2) is 5.26. The van der Waals surface area contributed by atoms with Gasteiger partial charge in [0.05, 0.1) is 5.52 Å². The Morgan fingerprint density at radius 3 is 2.40 bits per heavy atom. The third kappa shape index (κ3) is 1.77. The molecule has 0 aliphatic carbocycles. The van der Waals surface area contributed by atoms with Crippen molar-refractivity contribution in [2.45, 2.75) is 26.2 Å². The smallest absolute Gasteiger partial charge is 0.247 e. The summed E-state index contributed by atoms with van der Waals surface area (Å²) in [5.41, 5.74) is 12.7. The van der Waals surface area contributed by atoms with Crippen LogP contribution in [0.3, 0.4) is 0 Å². The van der Waals surface area contributed by atoms with Gasteiger partial charge < -0.3 is 4.57 Å². The lowest BCUT2D eigenvalue weighted by atomic mass is 9.30. The topological polar surface area (TPSA) is 4.93 Å². The van der Waals surface area contributed by atoms with Crippen LogP contribution < -0.4 is 16.4 Å². The van der Waals surface area contributed by atoms with E-state index in [-0.39, 0.29) is 5.41 Å². The maximum Gasteiger partial charge on any atom is 0.247 e. The quantitative estimate of drug-likeness (QED) is 0.339. The first-order valence-corrected chi connectivity index (χ1v) is 10.8. The Morgan fingerprint density at radius 2 is 1.50 bits per heavy atom. The van der Waals surface area contributed by atoms with Crippen molar-refractivity contribution in [3.8, 4) is 5.69 Å². The average Bonchev–Trinajstić information content (AvgIpc) is 3.08. The van der Waals surface area contributed by atoms with Crippen LogP contribution in [0.5, 0.6) is 0 Å². The summed E-state index contributed by atoms with van der Waals surface area (Å²) in [4.78, 5) is 0. The third-order valence-electron chi connectivity index (χ3n) is 7.48. The van der Waals surface area contributed by atoms with E-state index in [4.69, 9.17) is 0 Å². The molecule has 142 valence electrons. The molecule has 0 saturated heterocycles. The summed E-state index contributed by atoms with van der Waals surface area (Å²) in [7, 11) is 0. The number of aryl methyl sites for hydroxylation is 1. The molecule has 0 saturated carbocycles. The molecule has 1 aromatic heterocycles. The average molecular weight is 383 g/mol. The predicted octanol–water partition coefficient (Wildman–Crippen LogP) is 4.56. The Hall–Kier alpha value is -3.26. The molecule has 30 heavy (non-hydrogen) atoms. The van der Waals surface area contributed by atoms with Crippen LogP contribution in [0.2, 0.25) is 0 Å². The van der Waals surface area contributed by atoms with E-state index in [1.54, 1.807) is 0 Å². The van der Waals surface area contributed by atoms with Gasteiger partial charge in [0.2, 0.25) is 6.71 Å². The SMILES string of the molecule is Cc1cc2c3c(c1)c1ccccc1n3-c1cccc3c1B2c1ccccc1C3(C)C. The predicted molar refractivity (Wildman–Crippen MR) is 129 cm³/mol. The molecule has 0 unspecified atom stereocenters. The van der Waals surface area contributed by atoms with E-state index >= 15 is 0 Å². The summed E-state index contributed by atoms with van der Waals surface area (Å²) in [6.07, 6.45) is 0. The molecule has 3 heterocycles. The number of nitrogens with zero attached hydrogens (tertiary/aromatic N) is 1. The van der Waals surface area contributed by atoms with Gasteiger partial charge in [0, 0.05) is 27.4 Å². The van der Waals surface area contributed by atoms with Crippen molar-refractivity contribution in [2.75, 3.05) is 0 Å². The van der Waals surface area contributed by atoms with Gasteiger partial charge in [0.1, 0.15) is 0 Å².